The lowest BCUT2D eigenvalue weighted by Crippen LogP contribution is -2.34. The van der Waals surface area contributed by atoms with Crippen molar-refractivity contribution in [2.75, 3.05) is 20.8 Å². The summed E-state index contributed by atoms with van der Waals surface area (Å²) in [5.41, 5.74) is 1.65. The molecule has 0 saturated carbocycles. The molecule has 1 atom stereocenters. The van der Waals surface area contributed by atoms with E-state index in [0.29, 0.717) is 43.1 Å². The smallest absolute Gasteiger partial charge is 0.200 e. The number of methoxy groups -OCH3 is 2. The molecule has 0 radical (unpaired) electrons. The first-order chi connectivity index (χ1) is 34.9. The van der Waals surface area contributed by atoms with Gasteiger partial charge in [-0.1, -0.05) is 140 Å². The van der Waals surface area contributed by atoms with Crippen LogP contribution in [0.4, 0.5) is 0 Å². The molecule has 1 unspecified atom stereocenters. The van der Waals surface area contributed by atoms with Crippen LogP contribution < -0.4 is 18.9 Å². The van der Waals surface area contributed by atoms with Gasteiger partial charge in [-0.15, -0.1) is 0 Å². The van der Waals surface area contributed by atoms with Crippen molar-refractivity contribution in [2.24, 2.45) is 10.8 Å². The Kier molecular flexibility index (Phi) is 15.2. The van der Waals surface area contributed by atoms with Crippen LogP contribution in [-0.4, -0.2) is 47.0 Å². The first kappa shape index (κ1) is 53.3. The fourth-order valence-electron chi connectivity index (χ4n) is 10.2. The minimum Gasteiger partial charge on any atom is -0.507 e. The number of phenols is 4. The summed E-state index contributed by atoms with van der Waals surface area (Å²) in [7, 11) is 3.01. The van der Waals surface area contributed by atoms with E-state index in [4.69, 9.17) is 18.9 Å². The van der Waals surface area contributed by atoms with Gasteiger partial charge >= 0.3 is 0 Å². The Morgan fingerprint density at radius 1 is 0.486 bits per heavy atom. The first-order valence-electron chi connectivity index (χ1n) is 24.6. The summed E-state index contributed by atoms with van der Waals surface area (Å²) in [5.74, 6) is 1.78. The first-order valence-corrected chi connectivity index (χ1v) is 26.3. The Morgan fingerprint density at radius 2 is 1.05 bits per heavy atom. The highest BCUT2D eigenvalue weighted by atomic mass is 32.2. The molecular weight excluding hydrogens is 965 g/mol. The Balaban J connectivity index is 1.14. The van der Waals surface area contributed by atoms with Crippen molar-refractivity contribution in [3.63, 3.8) is 0 Å². The topological polar surface area (TPSA) is 135 Å². The van der Waals surface area contributed by atoms with Crippen molar-refractivity contribution in [3.05, 3.63) is 162 Å². The molecule has 0 heterocycles. The summed E-state index contributed by atoms with van der Waals surface area (Å²) >= 11 is 2.75. The zero-order valence-corrected chi connectivity index (χ0v) is 45.7. The quantitative estimate of drug-likeness (QED) is 0.0649. The average Bonchev–Trinajstić information content (AvgIpc) is 3.34. The van der Waals surface area contributed by atoms with Crippen LogP contribution in [0.5, 0.6) is 51.7 Å². The van der Waals surface area contributed by atoms with Crippen LogP contribution >= 0.6 is 23.5 Å². The second-order valence-corrected chi connectivity index (χ2v) is 24.5. The van der Waals surface area contributed by atoms with Crippen LogP contribution in [0.1, 0.15) is 102 Å². The average molecular weight is 1030 g/mol. The van der Waals surface area contributed by atoms with Gasteiger partial charge in [0.2, 0.25) is 0 Å². The highest BCUT2D eigenvalue weighted by molar-refractivity contribution is 8.00. The number of carbonyl (C=O) groups excluding carboxylic acids is 1. The van der Waals surface area contributed by atoms with Crippen LogP contribution in [0.15, 0.2) is 159 Å². The Hall–Kier alpha value is -6.95. The van der Waals surface area contributed by atoms with Crippen molar-refractivity contribution in [1.82, 2.24) is 0 Å². The van der Waals surface area contributed by atoms with Gasteiger partial charge in [0.25, 0.3) is 0 Å². The van der Waals surface area contributed by atoms with Gasteiger partial charge in [-0.25, -0.2) is 0 Å². The van der Waals surface area contributed by atoms with Crippen molar-refractivity contribution in [1.29, 1.82) is 0 Å². The van der Waals surface area contributed by atoms with Gasteiger partial charge in [-0.3, -0.25) is 4.79 Å². The van der Waals surface area contributed by atoms with Crippen LogP contribution in [0.3, 0.4) is 0 Å². The van der Waals surface area contributed by atoms with Gasteiger partial charge in [0.1, 0.15) is 51.7 Å². The summed E-state index contributed by atoms with van der Waals surface area (Å²) < 4.78 is 24.3. The van der Waals surface area contributed by atoms with Gasteiger partial charge in [0.15, 0.2) is 5.78 Å². The molecule has 0 amide bonds. The number of aromatic hydroxyl groups is 4. The van der Waals surface area contributed by atoms with Crippen LogP contribution in [-0.2, 0) is 10.8 Å². The van der Waals surface area contributed by atoms with Crippen molar-refractivity contribution >= 4 is 50.9 Å². The van der Waals surface area contributed by atoms with E-state index >= 15 is 0 Å². The predicted molar refractivity (Wildman–Crippen MR) is 299 cm³/mol. The molecule has 0 aliphatic heterocycles. The van der Waals surface area contributed by atoms with E-state index in [1.807, 2.05) is 66.7 Å². The third kappa shape index (κ3) is 12.0. The third-order valence-electron chi connectivity index (χ3n) is 13.1. The van der Waals surface area contributed by atoms with E-state index in [0.717, 1.165) is 45.0 Å². The number of hydrogen-bond donors (Lipinski definition) is 4. The number of benzene rings is 8. The second kappa shape index (κ2) is 21.1. The summed E-state index contributed by atoms with van der Waals surface area (Å²) in [4.78, 5) is 16.7. The van der Waals surface area contributed by atoms with E-state index in [1.54, 1.807) is 48.5 Å². The normalized spacial score (nSPS) is 12.9. The van der Waals surface area contributed by atoms with E-state index < -0.39 is 11.2 Å². The minimum atomic E-state index is -0.562. The molecule has 0 aliphatic rings. The number of hydrogen-bond acceptors (Lipinski definition) is 11. The van der Waals surface area contributed by atoms with Gasteiger partial charge in [-0.2, -0.15) is 0 Å². The van der Waals surface area contributed by atoms with E-state index in [-0.39, 0.29) is 62.7 Å². The number of phenolic OH excluding ortho intramolecular Hbond substituents is 4. The van der Waals surface area contributed by atoms with Crippen molar-refractivity contribution in [3.8, 4) is 51.7 Å². The zero-order chi connectivity index (χ0) is 53.3. The maximum Gasteiger partial charge on any atom is 0.200 e. The Bertz CT molecular complexity index is 3390. The molecule has 0 spiro atoms. The third-order valence-corrected chi connectivity index (χ3v) is 15.5. The fraction of sp³-hybridized carbons (Fsp3) is 0.286. The van der Waals surface area contributed by atoms with Crippen molar-refractivity contribution < 1.29 is 44.2 Å². The molecule has 8 aromatic carbocycles. The lowest BCUT2D eigenvalue weighted by Gasteiger charge is -2.36. The highest BCUT2D eigenvalue weighted by Gasteiger charge is 2.35. The summed E-state index contributed by atoms with van der Waals surface area (Å²) in [6, 6.07) is 42.1. The lowest BCUT2D eigenvalue weighted by molar-refractivity contribution is 0.103. The lowest BCUT2D eigenvalue weighted by atomic mass is 9.71. The molecule has 0 aromatic heterocycles. The molecule has 8 rings (SSSR count). The van der Waals surface area contributed by atoms with Gasteiger partial charge in [-0.05, 0) is 129 Å². The maximum atomic E-state index is 14.0. The Labute approximate surface area is 443 Å². The monoisotopic (exact) mass is 1030 g/mol. The van der Waals surface area contributed by atoms with E-state index in [9.17, 15) is 25.2 Å². The molecule has 0 bridgehead atoms. The SMILES string of the molecule is COc1ccc(C(=O)c2ccc(OC)cc2Oc2ccc3ccc(O)c(Sc4c(OCC(C)(CC(C)(C)C)c5ccc(O)c(Sc6cc(C(C)(C)CC(C)(C)C)ccc6O)c5)ccc5ccccc45)c3c2)c(O)c1. The molecule has 4 N–H and O–H groups in total. The molecule has 8 aromatic rings. The predicted octanol–water partition coefficient (Wildman–Crippen LogP) is 16.6. The van der Waals surface area contributed by atoms with E-state index in [1.165, 1.54) is 49.9 Å². The van der Waals surface area contributed by atoms with Crippen molar-refractivity contribution in [2.45, 2.75) is 106 Å². The number of rotatable bonds is 17. The molecule has 0 saturated heterocycles. The molecular formula is C63H66O9S2. The summed E-state index contributed by atoms with van der Waals surface area (Å²) in [5, 5.41) is 48.6. The van der Waals surface area contributed by atoms with E-state index in [2.05, 4.69) is 74.4 Å². The second-order valence-electron chi connectivity index (χ2n) is 22.4. The van der Waals surface area contributed by atoms with Crippen LogP contribution in [0.25, 0.3) is 21.5 Å². The molecule has 74 heavy (non-hydrogen) atoms. The largest absolute Gasteiger partial charge is 0.507 e. The highest BCUT2D eigenvalue weighted by Crippen LogP contribution is 2.50. The fourth-order valence-corrected chi connectivity index (χ4v) is 12.3. The van der Waals surface area contributed by atoms with Gasteiger partial charge in [0.05, 0.1) is 51.5 Å². The standard InChI is InChI=1S/C63H66O9S2/c1-60(2,3)35-62(7,8)40-19-27-49(64)55(30-40)73-56-31-41(20-28-50(56)65)63(9,36-61(4,5)6)37-71-53-29-18-38-14-12-13-15-45(38)59(53)74-58-48-32-44(21-16-39(48)17-26-51(58)66)72-54-34-43(70-11)23-25-47(54)57(68)46-24-22-42(69-10)33-52(46)67/h12-34,64-67H,35-37H2,1-11H3. The Morgan fingerprint density at radius 3 is 1.72 bits per heavy atom. The van der Waals surface area contributed by atoms with Gasteiger partial charge in [0, 0.05) is 22.9 Å². The molecule has 9 nitrogen and oxygen atoms in total. The van der Waals surface area contributed by atoms with Gasteiger partial charge < -0.3 is 39.4 Å². The number of carbonyl (C=O) groups is 1. The molecule has 0 aliphatic carbocycles. The molecule has 11 heteroatoms. The number of ether oxygens (including phenoxy) is 4. The zero-order valence-electron chi connectivity index (χ0n) is 44.0. The summed E-state index contributed by atoms with van der Waals surface area (Å²) in [6.07, 6.45) is 1.69. The van der Waals surface area contributed by atoms with Crippen LogP contribution in [0.2, 0.25) is 0 Å². The molecule has 0 fully saturated rings. The van der Waals surface area contributed by atoms with Crippen LogP contribution in [0, 0.1) is 10.8 Å². The minimum absolute atomic E-state index is 0.0618. The summed E-state index contributed by atoms with van der Waals surface area (Å²) in [6.45, 7) is 20.3. The number of ketones is 1. The maximum absolute atomic E-state index is 14.0. The number of fused-ring (bicyclic) bond motifs is 2. The molecule has 384 valence electrons.